The highest BCUT2D eigenvalue weighted by Crippen LogP contribution is 2.28. The van der Waals surface area contributed by atoms with Crippen molar-refractivity contribution in [1.82, 2.24) is 15.1 Å². The highest BCUT2D eigenvalue weighted by molar-refractivity contribution is 6.31. The SMILES string of the molecule is CCCn1ncc(Cl)c1C(NC)c1ccc(F)cc1. The van der Waals surface area contributed by atoms with E-state index >= 15 is 0 Å². The molecule has 3 nitrogen and oxygen atoms in total. The molecule has 5 heteroatoms. The van der Waals surface area contributed by atoms with Crippen molar-refractivity contribution in [2.24, 2.45) is 0 Å². The predicted molar refractivity (Wildman–Crippen MR) is 74.8 cm³/mol. The molecule has 1 atom stereocenters. The molecular formula is C14H17ClFN3. The molecule has 2 rings (SSSR count). The summed E-state index contributed by atoms with van der Waals surface area (Å²) in [5, 5.41) is 8.12. The Morgan fingerprint density at radius 3 is 2.63 bits per heavy atom. The fourth-order valence-corrected chi connectivity index (χ4v) is 2.42. The third-order valence-electron chi connectivity index (χ3n) is 3.03. The van der Waals surface area contributed by atoms with Crippen molar-refractivity contribution in [3.05, 3.63) is 52.6 Å². The number of rotatable bonds is 5. The summed E-state index contributed by atoms with van der Waals surface area (Å²) in [6, 6.07) is 6.33. The molecule has 19 heavy (non-hydrogen) atoms. The van der Waals surface area contributed by atoms with E-state index in [0.717, 1.165) is 24.2 Å². The Kier molecular flexibility index (Phi) is 4.56. The van der Waals surface area contributed by atoms with Crippen LogP contribution in [0.25, 0.3) is 0 Å². The summed E-state index contributed by atoms with van der Waals surface area (Å²) in [6.07, 6.45) is 2.63. The van der Waals surface area contributed by atoms with Gasteiger partial charge in [-0.05, 0) is 31.2 Å². The van der Waals surface area contributed by atoms with Gasteiger partial charge in [0, 0.05) is 6.54 Å². The van der Waals surface area contributed by atoms with Gasteiger partial charge in [-0.1, -0.05) is 30.7 Å². The second kappa shape index (κ2) is 6.17. The Labute approximate surface area is 117 Å². The molecule has 0 radical (unpaired) electrons. The number of aryl methyl sites for hydroxylation is 1. The van der Waals surface area contributed by atoms with Crippen molar-refractivity contribution in [1.29, 1.82) is 0 Å². The van der Waals surface area contributed by atoms with Crippen molar-refractivity contribution in [2.75, 3.05) is 7.05 Å². The average Bonchev–Trinajstić information content (AvgIpc) is 2.76. The molecule has 0 aliphatic carbocycles. The van der Waals surface area contributed by atoms with Gasteiger partial charge in [0.05, 0.1) is 23.0 Å². The van der Waals surface area contributed by atoms with Gasteiger partial charge in [-0.15, -0.1) is 0 Å². The van der Waals surface area contributed by atoms with Crippen molar-refractivity contribution in [3.63, 3.8) is 0 Å². The lowest BCUT2D eigenvalue weighted by Gasteiger charge is -2.19. The van der Waals surface area contributed by atoms with Gasteiger partial charge in [0.1, 0.15) is 5.82 Å². The summed E-state index contributed by atoms with van der Waals surface area (Å²) in [4.78, 5) is 0. The summed E-state index contributed by atoms with van der Waals surface area (Å²) in [7, 11) is 1.85. The Bertz CT molecular complexity index is 536. The first-order valence-corrected chi connectivity index (χ1v) is 6.69. The van der Waals surface area contributed by atoms with Gasteiger partial charge in [-0.3, -0.25) is 4.68 Å². The Morgan fingerprint density at radius 1 is 1.37 bits per heavy atom. The van der Waals surface area contributed by atoms with Gasteiger partial charge in [-0.2, -0.15) is 5.10 Å². The number of aromatic nitrogens is 2. The molecule has 1 aromatic heterocycles. The van der Waals surface area contributed by atoms with Gasteiger partial charge in [0.25, 0.3) is 0 Å². The van der Waals surface area contributed by atoms with E-state index in [1.54, 1.807) is 18.3 Å². The van der Waals surface area contributed by atoms with Crippen LogP contribution in [0.5, 0.6) is 0 Å². The van der Waals surface area contributed by atoms with Crippen LogP contribution in [0, 0.1) is 5.82 Å². The zero-order valence-electron chi connectivity index (χ0n) is 11.0. The molecule has 0 bridgehead atoms. The summed E-state index contributed by atoms with van der Waals surface area (Å²) < 4.78 is 14.9. The highest BCUT2D eigenvalue weighted by Gasteiger charge is 2.20. The first-order chi connectivity index (χ1) is 9.17. The van der Waals surface area contributed by atoms with E-state index in [0.29, 0.717) is 5.02 Å². The van der Waals surface area contributed by atoms with E-state index in [-0.39, 0.29) is 11.9 Å². The summed E-state index contributed by atoms with van der Waals surface area (Å²) >= 11 is 6.24. The zero-order chi connectivity index (χ0) is 13.8. The number of benzene rings is 1. The van der Waals surface area contributed by atoms with E-state index in [9.17, 15) is 4.39 Å². The maximum absolute atomic E-state index is 13.0. The van der Waals surface area contributed by atoms with E-state index in [1.165, 1.54) is 12.1 Å². The minimum absolute atomic E-state index is 0.0952. The molecule has 1 aromatic carbocycles. The molecule has 0 saturated heterocycles. The van der Waals surface area contributed by atoms with Crippen molar-refractivity contribution in [2.45, 2.75) is 25.9 Å². The smallest absolute Gasteiger partial charge is 0.123 e. The van der Waals surface area contributed by atoms with Crippen LogP contribution in [0.4, 0.5) is 4.39 Å². The van der Waals surface area contributed by atoms with Crippen LogP contribution < -0.4 is 5.32 Å². The number of nitrogens with zero attached hydrogens (tertiary/aromatic N) is 2. The third-order valence-corrected chi connectivity index (χ3v) is 3.33. The van der Waals surface area contributed by atoms with E-state index in [1.807, 2.05) is 11.7 Å². The average molecular weight is 282 g/mol. The first-order valence-electron chi connectivity index (χ1n) is 6.31. The molecule has 0 saturated carbocycles. The molecule has 0 spiro atoms. The largest absolute Gasteiger partial charge is 0.308 e. The standard InChI is InChI=1S/C14H17ClFN3/c1-3-8-19-14(12(15)9-18-19)13(17-2)10-4-6-11(16)7-5-10/h4-7,9,13,17H,3,8H2,1-2H3. The quantitative estimate of drug-likeness (QED) is 0.910. The highest BCUT2D eigenvalue weighted by atomic mass is 35.5. The van der Waals surface area contributed by atoms with Crippen molar-refractivity contribution in [3.8, 4) is 0 Å². The molecule has 1 unspecified atom stereocenters. The lowest BCUT2D eigenvalue weighted by molar-refractivity contribution is 0.534. The molecule has 102 valence electrons. The summed E-state index contributed by atoms with van der Waals surface area (Å²) in [6.45, 7) is 2.90. The Balaban J connectivity index is 2.41. The molecule has 0 fully saturated rings. The monoisotopic (exact) mass is 281 g/mol. The van der Waals surface area contributed by atoms with Gasteiger partial charge in [-0.25, -0.2) is 4.39 Å². The first kappa shape index (κ1) is 14.0. The zero-order valence-corrected chi connectivity index (χ0v) is 11.8. The molecule has 2 aromatic rings. The van der Waals surface area contributed by atoms with Crippen LogP contribution in [0.15, 0.2) is 30.5 Å². The van der Waals surface area contributed by atoms with Crippen LogP contribution >= 0.6 is 11.6 Å². The van der Waals surface area contributed by atoms with Gasteiger partial charge >= 0.3 is 0 Å². The predicted octanol–water partition coefficient (Wildman–Crippen LogP) is 3.39. The minimum atomic E-state index is -0.244. The van der Waals surface area contributed by atoms with E-state index in [4.69, 9.17) is 11.6 Å². The lowest BCUT2D eigenvalue weighted by atomic mass is 10.0. The lowest BCUT2D eigenvalue weighted by Crippen LogP contribution is -2.22. The topological polar surface area (TPSA) is 29.9 Å². The van der Waals surface area contributed by atoms with Gasteiger partial charge in [0.15, 0.2) is 0 Å². The van der Waals surface area contributed by atoms with Gasteiger partial charge < -0.3 is 5.32 Å². The number of halogens is 2. The fourth-order valence-electron chi connectivity index (χ4n) is 2.17. The van der Waals surface area contributed by atoms with Crippen molar-refractivity contribution >= 4 is 11.6 Å². The van der Waals surface area contributed by atoms with Crippen LogP contribution in [0.2, 0.25) is 5.02 Å². The Morgan fingerprint density at radius 2 is 2.05 bits per heavy atom. The van der Waals surface area contributed by atoms with Crippen LogP contribution in [0.1, 0.15) is 30.6 Å². The maximum Gasteiger partial charge on any atom is 0.123 e. The maximum atomic E-state index is 13.0. The molecule has 0 aliphatic rings. The van der Waals surface area contributed by atoms with Crippen LogP contribution in [0.3, 0.4) is 0 Å². The van der Waals surface area contributed by atoms with Crippen LogP contribution in [-0.4, -0.2) is 16.8 Å². The summed E-state index contributed by atoms with van der Waals surface area (Å²) in [5.74, 6) is -0.244. The number of nitrogens with one attached hydrogen (secondary N) is 1. The molecule has 0 amide bonds. The fraction of sp³-hybridized carbons (Fsp3) is 0.357. The minimum Gasteiger partial charge on any atom is -0.308 e. The van der Waals surface area contributed by atoms with Crippen molar-refractivity contribution < 1.29 is 4.39 Å². The normalized spacial score (nSPS) is 12.6. The molecule has 1 heterocycles. The number of hydrogen-bond donors (Lipinski definition) is 1. The number of hydrogen-bond acceptors (Lipinski definition) is 2. The Hall–Kier alpha value is -1.39. The van der Waals surface area contributed by atoms with E-state index in [2.05, 4.69) is 17.3 Å². The van der Waals surface area contributed by atoms with Crippen LogP contribution in [-0.2, 0) is 6.54 Å². The molecule has 1 N–H and O–H groups in total. The van der Waals surface area contributed by atoms with Gasteiger partial charge in [0.2, 0.25) is 0 Å². The molecule has 0 aliphatic heterocycles. The third kappa shape index (κ3) is 2.96. The molecular weight excluding hydrogens is 265 g/mol. The van der Waals surface area contributed by atoms with E-state index < -0.39 is 0 Å². The second-order valence-electron chi connectivity index (χ2n) is 4.37. The summed E-state index contributed by atoms with van der Waals surface area (Å²) in [5.41, 5.74) is 1.88. The second-order valence-corrected chi connectivity index (χ2v) is 4.78.